The summed E-state index contributed by atoms with van der Waals surface area (Å²) in [5, 5.41) is 8.56. The van der Waals surface area contributed by atoms with E-state index in [1.54, 1.807) is 11.8 Å². The number of aliphatic carboxylic acids is 1. The topological polar surface area (TPSA) is 46.5 Å². The molecule has 1 heterocycles. The number of hydrogen-bond donors (Lipinski definition) is 1. The highest BCUT2D eigenvalue weighted by Gasteiger charge is 2.17. The van der Waals surface area contributed by atoms with Gasteiger partial charge in [0.2, 0.25) is 0 Å². The number of thioether (sulfide) groups is 1. The van der Waals surface area contributed by atoms with Gasteiger partial charge in [-0.3, -0.25) is 4.79 Å². The molecular weight excluding hydrogens is 304 g/mol. The maximum Gasteiger partial charge on any atom is 0.304 e. The molecule has 1 N–H and O–H groups in total. The van der Waals surface area contributed by atoms with Crippen LogP contribution in [0, 0.1) is 0 Å². The van der Waals surface area contributed by atoms with E-state index in [-0.39, 0.29) is 6.42 Å². The number of fused-ring (bicyclic) bond motifs is 1. The van der Waals surface area contributed by atoms with Gasteiger partial charge < -0.3 is 9.84 Å². The van der Waals surface area contributed by atoms with E-state index in [9.17, 15) is 4.79 Å². The highest BCUT2D eigenvalue weighted by Crippen LogP contribution is 2.35. The molecule has 0 saturated carbocycles. The summed E-state index contributed by atoms with van der Waals surface area (Å²) >= 11 is 5.12. The summed E-state index contributed by atoms with van der Waals surface area (Å²) in [6, 6.07) is 4.14. The summed E-state index contributed by atoms with van der Waals surface area (Å²) < 4.78 is 6.68. The zero-order valence-corrected chi connectivity index (χ0v) is 11.6. The Labute approximate surface area is 113 Å². The van der Waals surface area contributed by atoms with Crippen LogP contribution in [0.4, 0.5) is 0 Å². The van der Waals surface area contributed by atoms with Crippen molar-refractivity contribution in [1.82, 2.24) is 0 Å². The first kappa shape index (κ1) is 12.8. The molecule has 1 aromatic rings. The Morgan fingerprint density at radius 2 is 2.35 bits per heavy atom. The predicted octanol–water partition coefficient (Wildman–Crippen LogP) is 3.09. The maximum atomic E-state index is 10.4. The minimum atomic E-state index is -0.742. The number of halogens is 1. The zero-order valence-electron chi connectivity index (χ0n) is 9.24. The van der Waals surface area contributed by atoms with Crippen LogP contribution in [0.3, 0.4) is 0 Å². The van der Waals surface area contributed by atoms with Crippen LogP contribution < -0.4 is 4.74 Å². The summed E-state index contributed by atoms with van der Waals surface area (Å²) in [7, 11) is 0. The minimum Gasteiger partial charge on any atom is -0.493 e. The van der Waals surface area contributed by atoms with Crippen molar-refractivity contribution >= 4 is 33.7 Å². The zero-order chi connectivity index (χ0) is 12.3. The highest BCUT2D eigenvalue weighted by atomic mass is 79.9. The van der Waals surface area contributed by atoms with E-state index in [4.69, 9.17) is 9.84 Å². The van der Waals surface area contributed by atoms with Gasteiger partial charge in [-0.25, -0.2) is 0 Å². The highest BCUT2D eigenvalue weighted by molar-refractivity contribution is 9.10. The van der Waals surface area contributed by atoms with Crippen molar-refractivity contribution in [3.63, 3.8) is 0 Å². The van der Waals surface area contributed by atoms with Gasteiger partial charge in [0, 0.05) is 28.0 Å². The Morgan fingerprint density at radius 3 is 3.12 bits per heavy atom. The van der Waals surface area contributed by atoms with Crippen molar-refractivity contribution < 1.29 is 14.6 Å². The lowest BCUT2D eigenvalue weighted by Gasteiger charge is -2.08. The van der Waals surface area contributed by atoms with Gasteiger partial charge in [0.15, 0.2) is 0 Å². The van der Waals surface area contributed by atoms with E-state index in [0.717, 1.165) is 34.6 Å². The molecule has 0 saturated heterocycles. The van der Waals surface area contributed by atoms with Crippen LogP contribution in [0.25, 0.3) is 0 Å². The van der Waals surface area contributed by atoms with Gasteiger partial charge >= 0.3 is 5.97 Å². The summed E-state index contributed by atoms with van der Waals surface area (Å²) in [6.45, 7) is 0.749. The molecule has 0 amide bonds. The summed E-state index contributed by atoms with van der Waals surface area (Å²) in [4.78, 5) is 10.4. The molecule has 2 rings (SSSR count). The summed E-state index contributed by atoms with van der Waals surface area (Å²) in [5.74, 6) is 1.69. The second kappa shape index (κ2) is 5.78. The summed E-state index contributed by atoms with van der Waals surface area (Å²) in [5.41, 5.74) is 2.40. The first-order chi connectivity index (χ1) is 8.16. The Hall–Kier alpha value is -0.680. The SMILES string of the molecule is O=C(O)CCSCc1cc(Br)cc2c1OCC2. The van der Waals surface area contributed by atoms with Crippen molar-refractivity contribution in [2.75, 3.05) is 12.4 Å². The fourth-order valence-corrected chi connectivity index (χ4v) is 3.25. The second-order valence-corrected chi connectivity index (χ2v) is 5.87. The van der Waals surface area contributed by atoms with Crippen LogP contribution in [0.5, 0.6) is 5.75 Å². The van der Waals surface area contributed by atoms with Crippen molar-refractivity contribution in [3.05, 3.63) is 27.7 Å². The van der Waals surface area contributed by atoms with Crippen LogP contribution in [-0.2, 0) is 17.0 Å². The van der Waals surface area contributed by atoms with Crippen LogP contribution in [0.2, 0.25) is 0 Å². The molecule has 0 spiro atoms. The Bertz CT molecular complexity index is 434. The van der Waals surface area contributed by atoms with Gasteiger partial charge in [-0.05, 0) is 17.7 Å². The largest absolute Gasteiger partial charge is 0.493 e. The van der Waals surface area contributed by atoms with Gasteiger partial charge in [-0.1, -0.05) is 15.9 Å². The third-order valence-electron chi connectivity index (χ3n) is 2.54. The number of hydrogen-bond acceptors (Lipinski definition) is 3. The van der Waals surface area contributed by atoms with Gasteiger partial charge in [-0.15, -0.1) is 0 Å². The van der Waals surface area contributed by atoms with E-state index < -0.39 is 5.97 Å². The Balaban J connectivity index is 1.98. The fraction of sp³-hybridized carbons (Fsp3) is 0.417. The number of benzene rings is 1. The molecular formula is C12H13BrO3S. The number of carboxylic acid groups (broad SMARTS) is 1. The number of carbonyl (C=O) groups is 1. The average molecular weight is 317 g/mol. The van der Waals surface area contributed by atoms with E-state index in [1.165, 1.54) is 5.56 Å². The molecule has 0 aromatic heterocycles. The fourth-order valence-electron chi connectivity index (χ4n) is 1.79. The number of ether oxygens (including phenoxy) is 1. The first-order valence-corrected chi connectivity index (χ1v) is 7.35. The van der Waals surface area contributed by atoms with Gasteiger partial charge in [0.1, 0.15) is 5.75 Å². The number of rotatable bonds is 5. The van der Waals surface area contributed by atoms with E-state index in [0.29, 0.717) is 5.75 Å². The Kier molecular flexibility index (Phi) is 4.34. The smallest absolute Gasteiger partial charge is 0.304 e. The monoisotopic (exact) mass is 316 g/mol. The Morgan fingerprint density at radius 1 is 1.53 bits per heavy atom. The summed E-state index contributed by atoms with van der Waals surface area (Å²) in [6.07, 6.45) is 1.17. The third kappa shape index (κ3) is 3.39. The molecule has 5 heteroatoms. The molecule has 0 fully saturated rings. The molecule has 0 radical (unpaired) electrons. The molecule has 0 aliphatic carbocycles. The van der Waals surface area contributed by atoms with Crippen LogP contribution in [0.1, 0.15) is 17.5 Å². The van der Waals surface area contributed by atoms with E-state index >= 15 is 0 Å². The first-order valence-electron chi connectivity index (χ1n) is 5.40. The third-order valence-corrected chi connectivity index (χ3v) is 4.01. The molecule has 1 aliphatic heterocycles. The molecule has 1 aliphatic rings. The maximum absolute atomic E-state index is 10.4. The normalized spacial score (nSPS) is 13.2. The van der Waals surface area contributed by atoms with Crippen LogP contribution >= 0.6 is 27.7 Å². The molecule has 0 bridgehead atoms. The van der Waals surface area contributed by atoms with Crippen molar-refractivity contribution in [1.29, 1.82) is 0 Å². The molecule has 1 aromatic carbocycles. The average Bonchev–Trinajstić information content (AvgIpc) is 2.71. The van der Waals surface area contributed by atoms with Crippen molar-refractivity contribution in [3.8, 4) is 5.75 Å². The second-order valence-electron chi connectivity index (χ2n) is 3.85. The molecule has 92 valence electrons. The van der Waals surface area contributed by atoms with Crippen molar-refractivity contribution in [2.45, 2.75) is 18.6 Å². The van der Waals surface area contributed by atoms with Gasteiger partial charge in [0.25, 0.3) is 0 Å². The molecule has 17 heavy (non-hydrogen) atoms. The minimum absolute atomic E-state index is 0.210. The van der Waals surface area contributed by atoms with Gasteiger partial charge in [-0.2, -0.15) is 11.8 Å². The predicted molar refractivity (Wildman–Crippen MR) is 71.8 cm³/mol. The lowest BCUT2D eigenvalue weighted by atomic mass is 10.1. The standard InChI is InChI=1S/C12H13BrO3S/c13-10-5-8-1-3-16-12(8)9(6-10)7-17-4-2-11(14)15/h5-6H,1-4,7H2,(H,14,15). The van der Waals surface area contributed by atoms with E-state index in [1.807, 2.05) is 0 Å². The quantitative estimate of drug-likeness (QED) is 0.848. The molecule has 3 nitrogen and oxygen atoms in total. The molecule has 0 atom stereocenters. The van der Waals surface area contributed by atoms with Gasteiger partial charge in [0.05, 0.1) is 13.0 Å². The van der Waals surface area contributed by atoms with Crippen LogP contribution in [-0.4, -0.2) is 23.4 Å². The molecule has 0 unspecified atom stereocenters. The lowest BCUT2D eigenvalue weighted by molar-refractivity contribution is -0.136. The van der Waals surface area contributed by atoms with Crippen molar-refractivity contribution in [2.24, 2.45) is 0 Å². The number of carboxylic acids is 1. The van der Waals surface area contributed by atoms with E-state index in [2.05, 4.69) is 28.1 Å². The van der Waals surface area contributed by atoms with Crippen LogP contribution in [0.15, 0.2) is 16.6 Å². The lowest BCUT2D eigenvalue weighted by Crippen LogP contribution is -1.97.